The maximum Gasteiger partial charge on any atom is 0.0523 e. The second-order valence-electron chi connectivity index (χ2n) is 7.38. The molecule has 2 fully saturated rings. The summed E-state index contributed by atoms with van der Waals surface area (Å²) in [6.07, 6.45) is 14.3. The summed E-state index contributed by atoms with van der Waals surface area (Å²) in [5.41, 5.74) is 1.73. The van der Waals surface area contributed by atoms with E-state index < -0.39 is 0 Å². The third kappa shape index (κ3) is 4.10. The Bertz CT molecular complexity index is 252. The molecule has 0 bridgehead atoms. The molecule has 2 aliphatic carbocycles. The van der Waals surface area contributed by atoms with Gasteiger partial charge in [-0.3, -0.25) is 4.99 Å². The molecule has 0 N–H and O–H groups in total. The zero-order valence-corrected chi connectivity index (χ0v) is 12.7. The number of rotatable bonds is 2. The Morgan fingerprint density at radius 2 is 1.11 bits per heavy atom. The summed E-state index contributed by atoms with van der Waals surface area (Å²) in [4.78, 5) is 5.17. The normalized spacial score (nSPS) is 23.9. The van der Waals surface area contributed by atoms with E-state index in [2.05, 4.69) is 20.8 Å². The van der Waals surface area contributed by atoms with Crippen LogP contribution in [-0.2, 0) is 0 Å². The smallest absolute Gasteiger partial charge is 0.0523 e. The van der Waals surface area contributed by atoms with Gasteiger partial charge in [-0.05, 0) is 58.3 Å². The molecule has 1 heteroatoms. The fourth-order valence-electron chi connectivity index (χ4n) is 3.70. The minimum atomic E-state index is 0.115. The predicted octanol–water partition coefficient (Wildman–Crippen LogP) is 5.39. The standard InChI is InChI=1S/C17H31N/c1-17(2,3)18-16(14-10-6-4-7-11-14)15-12-8-5-9-13-15/h14-15H,4-13H2,1-3H3. The van der Waals surface area contributed by atoms with Crippen LogP contribution < -0.4 is 0 Å². The topological polar surface area (TPSA) is 12.4 Å². The van der Waals surface area contributed by atoms with Crippen molar-refractivity contribution < 1.29 is 0 Å². The molecule has 2 aliphatic rings. The number of hydrogen-bond acceptors (Lipinski definition) is 1. The van der Waals surface area contributed by atoms with Gasteiger partial charge in [0, 0.05) is 5.71 Å². The summed E-state index contributed by atoms with van der Waals surface area (Å²) in [6.45, 7) is 6.79. The van der Waals surface area contributed by atoms with Crippen LogP contribution in [0, 0.1) is 11.8 Å². The predicted molar refractivity (Wildman–Crippen MR) is 80.3 cm³/mol. The van der Waals surface area contributed by atoms with Gasteiger partial charge < -0.3 is 0 Å². The van der Waals surface area contributed by atoms with E-state index in [-0.39, 0.29) is 5.54 Å². The van der Waals surface area contributed by atoms with Crippen LogP contribution in [0.15, 0.2) is 4.99 Å². The van der Waals surface area contributed by atoms with E-state index in [4.69, 9.17) is 4.99 Å². The Morgan fingerprint density at radius 1 is 0.722 bits per heavy atom. The summed E-state index contributed by atoms with van der Waals surface area (Å²) in [6, 6.07) is 0. The lowest BCUT2D eigenvalue weighted by Crippen LogP contribution is -2.30. The Hall–Kier alpha value is -0.330. The van der Waals surface area contributed by atoms with E-state index in [1.54, 1.807) is 5.71 Å². The van der Waals surface area contributed by atoms with E-state index in [0.29, 0.717) is 0 Å². The monoisotopic (exact) mass is 249 g/mol. The van der Waals surface area contributed by atoms with Crippen molar-refractivity contribution in [1.29, 1.82) is 0 Å². The molecule has 0 spiro atoms. The van der Waals surface area contributed by atoms with E-state index in [1.807, 2.05) is 0 Å². The van der Waals surface area contributed by atoms with E-state index in [0.717, 1.165) is 11.8 Å². The van der Waals surface area contributed by atoms with E-state index in [1.165, 1.54) is 64.2 Å². The molecule has 2 rings (SSSR count). The molecule has 0 amide bonds. The van der Waals surface area contributed by atoms with Crippen molar-refractivity contribution in [3.63, 3.8) is 0 Å². The van der Waals surface area contributed by atoms with Gasteiger partial charge >= 0.3 is 0 Å². The van der Waals surface area contributed by atoms with Crippen LogP contribution in [-0.4, -0.2) is 11.3 Å². The van der Waals surface area contributed by atoms with Crippen molar-refractivity contribution in [3.8, 4) is 0 Å². The first-order chi connectivity index (χ1) is 8.56. The molecule has 0 aromatic carbocycles. The van der Waals surface area contributed by atoms with Gasteiger partial charge in [-0.25, -0.2) is 0 Å². The zero-order chi connectivity index (χ0) is 13.0. The maximum atomic E-state index is 5.17. The molecule has 0 atom stereocenters. The van der Waals surface area contributed by atoms with Gasteiger partial charge in [-0.2, -0.15) is 0 Å². The maximum absolute atomic E-state index is 5.17. The van der Waals surface area contributed by atoms with E-state index >= 15 is 0 Å². The summed E-state index contributed by atoms with van der Waals surface area (Å²) in [5.74, 6) is 1.64. The summed E-state index contributed by atoms with van der Waals surface area (Å²) in [5, 5.41) is 0. The highest BCUT2D eigenvalue weighted by Gasteiger charge is 2.28. The fraction of sp³-hybridized carbons (Fsp3) is 0.941. The molecule has 0 radical (unpaired) electrons. The first-order valence-corrected chi connectivity index (χ1v) is 8.16. The summed E-state index contributed by atoms with van der Waals surface area (Å²) >= 11 is 0. The van der Waals surface area contributed by atoms with Crippen molar-refractivity contribution in [2.75, 3.05) is 0 Å². The Labute approximate surface area is 113 Å². The minimum absolute atomic E-state index is 0.115. The third-order valence-corrected chi connectivity index (χ3v) is 4.51. The molecule has 0 heterocycles. The first kappa shape index (κ1) is 14.1. The molecular weight excluding hydrogens is 218 g/mol. The van der Waals surface area contributed by atoms with Gasteiger partial charge in [0.15, 0.2) is 0 Å². The molecule has 0 unspecified atom stereocenters. The van der Waals surface area contributed by atoms with Gasteiger partial charge in [0.2, 0.25) is 0 Å². The molecular formula is C17H31N. The molecule has 0 aliphatic heterocycles. The molecule has 0 saturated heterocycles. The average molecular weight is 249 g/mol. The molecule has 0 aromatic heterocycles. The largest absolute Gasteiger partial charge is 0.288 e. The summed E-state index contributed by atoms with van der Waals surface area (Å²) < 4.78 is 0. The van der Waals surface area contributed by atoms with Gasteiger partial charge in [0.25, 0.3) is 0 Å². The lowest BCUT2D eigenvalue weighted by molar-refractivity contribution is 0.381. The Balaban J connectivity index is 2.13. The van der Waals surface area contributed by atoms with Gasteiger partial charge in [0.1, 0.15) is 0 Å². The van der Waals surface area contributed by atoms with Gasteiger partial charge in [-0.15, -0.1) is 0 Å². The number of aliphatic imine (C=N–C) groups is 1. The fourth-order valence-corrected chi connectivity index (χ4v) is 3.70. The Kier molecular flexibility index (Phi) is 4.86. The average Bonchev–Trinajstić information content (AvgIpc) is 2.37. The highest BCUT2D eigenvalue weighted by molar-refractivity contribution is 5.89. The lowest BCUT2D eigenvalue weighted by atomic mass is 9.75. The van der Waals surface area contributed by atoms with Crippen LogP contribution in [0.5, 0.6) is 0 Å². The highest BCUT2D eigenvalue weighted by atomic mass is 14.8. The molecule has 18 heavy (non-hydrogen) atoms. The highest BCUT2D eigenvalue weighted by Crippen LogP contribution is 2.34. The van der Waals surface area contributed by atoms with Crippen LogP contribution in [0.3, 0.4) is 0 Å². The van der Waals surface area contributed by atoms with Crippen molar-refractivity contribution in [2.45, 2.75) is 90.5 Å². The first-order valence-electron chi connectivity index (χ1n) is 8.16. The molecule has 2 saturated carbocycles. The molecule has 0 aromatic rings. The zero-order valence-electron chi connectivity index (χ0n) is 12.7. The Morgan fingerprint density at radius 3 is 1.44 bits per heavy atom. The van der Waals surface area contributed by atoms with Crippen LogP contribution in [0.1, 0.15) is 85.0 Å². The van der Waals surface area contributed by atoms with Crippen LogP contribution in [0.2, 0.25) is 0 Å². The van der Waals surface area contributed by atoms with Crippen LogP contribution in [0.25, 0.3) is 0 Å². The lowest BCUT2D eigenvalue weighted by Gasteiger charge is -2.33. The SMILES string of the molecule is CC(C)(C)N=C(C1CCCCC1)C1CCCCC1. The van der Waals surface area contributed by atoms with Gasteiger partial charge in [-0.1, -0.05) is 38.5 Å². The second-order valence-corrected chi connectivity index (χ2v) is 7.38. The molecule has 1 nitrogen and oxygen atoms in total. The van der Waals surface area contributed by atoms with Crippen LogP contribution >= 0.6 is 0 Å². The van der Waals surface area contributed by atoms with Crippen molar-refractivity contribution in [3.05, 3.63) is 0 Å². The quantitative estimate of drug-likeness (QED) is 0.582. The number of hydrogen-bond donors (Lipinski definition) is 0. The van der Waals surface area contributed by atoms with Crippen LogP contribution in [0.4, 0.5) is 0 Å². The minimum Gasteiger partial charge on any atom is -0.288 e. The second kappa shape index (κ2) is 6.21. The summed E-state index contributed by atoms with van der Waals surface area (Å²) in [7, 11) is 0. The van der Waals surface area contributed by atoms with Gasteiger partial charge in [0.05, 0.1) is 5.54 Å². The van der Waals surface area contributed by atoms with Crippen molar-refractivity contribution in [1.82, 2.24) is 0 Å². The van der Waals surface area contributed by atoms with Crippen molar-refractivity contribution >= 4 is 5.71 Å². The van der Waals surface area contributed by atoms with E-state index in [9.17, 15) is 0 Å². The molecule has 104 valence electrons. The number of nitrogens with zero attached hydrogens (tertiary/aromatic N) is 1. The van der Waals surface area contributed by atoms with Crippen molar-refractivity contribution in [2.24, 2.45) is 16.8 Å². The third-order valence-electron chi connectivity index (χ3n) is 4.51.